The van der Waals surface area contributed by atoms with E-state index in [1.165, 1.54) is 12.1 Å². The van der Waals surface area contributed by atoms with E-state index < -0.39 is 5.92 Å². The second-order valence-electron chi connectivity index (χ2n) is 6.19. The molecule has 1 aromatic rings. The molecular formula is C17H21FN2O3. The average Bonchev–Trinajstić information content (AvgIpc) is 3.15. The number of likely N-dealkylation sites (tertiary alicyclic amines) is 1. The molecule has 5 nitrogen and oxygen atoms in total. The maximum absolute atomic E-state index is 13.1. The van der Waals surface area contributed by atoms with Gasteiger partial charge in [-0.15, -0.1) is 0 Å². The molecule has 0 spiro atoms. The number of carbonyl (C=O) groups is 2. The fraction of sp³-hybridized carbons (Fsp3) is 0.529. The van der Waals surface area contributed by atoms with Crippen molar-refractivity contribution in [3.8, 4) is 0 Å². The molecule has 6 heteroatoms. The molecule has 124 valence electrons. The van der Waals surface area contributed by atoms with Crippen LogP contribution in [0.5, 0.6) is 0 Å². The molecule has 2 saturated heterocycles. The van der Waals surface area contributed by atoms with Gasteiger partial charge in [0.15, 0.2) is 0 Å². The minimum Gasteiger partial charge on any atom is -0.376 e. The maximum Gasteiger partial charge on any atom is 0.226 e. The van der Waals surface area contributed by atoms with Gasteiger partial charge in [0.05, 0.1) is 18.1 Å². The number of nitrogens with one attached hydrogen (secondary N) is 1. The quantitative estimate of drug-likeness (QED) is 0.917. The Morgan fingerprint density at radius 2 is 2.13 bits per heavy atom. The zero-order valence-electron chi connectivity index (χ0n) is 13.1. The van der Waals surface area contributed by atoms with Gasteiger partial charge in [-0.25, -0.2) is 4.39 Å². The number of hydrogen-bond acceptors (Lipinski definition) is 3. The molecule has 1 aromatic carbocycles. The Bertz CT molecular complexity index is 584. The summed E-state index contributed by atoms with van der Waals surface area (Å²) >= 11 is 0. The molecule has 2 heterocycles. The molecule has 1 N–H and O–H groups in total. The highest BCUT2D eigenvalue weighted by Gasteiger charge is 2.42. The summed E-state index contributed by atoms with van der Waals surface area (Å²) in [5, 5.41) is 2.90. The Kier molecular flexibility index (Phi) is 4.61. The van der Waals surface area contributed by atoms with Crippen molar-refractivity contribution in [1.29, 1.82) is 0 Å². The van der Waals surface area contributed by atoms with Crippen LogP contribution in [0.2, 0.25) is 0 Å². The molecule has 0 aliphatic carbocycles. The standard InChI is InChI=1S/C17H21FN2O3/c1-20-15(21)9-14(16(20)11-4-6-12(18)7-5-11)17(22)19-10-13-3-2-8-23-13/h4-7,13-14,16H,2-3,8-10H2,1H3,(H,19,22). The predicted molar refractivity (Wildman–Crippen MR) is 82.0 cm³/mol. The number of rotatable bonds is 4. The molecule has 0 bridgehead atoms. The van der Waals surface area contributed by atoms with E-state index in [9.17, 15) is 14.0 Å². The smallest absolute Gasteiger partial charge is 0.226 e. The first-order valence-corrected chi connectivity index (χ1v) is 7.96. The van der Waals surface area contributed by atoms with Gasteiger partial charge in [0.25, 0.3) is 0 Å². The number of ether oxygens (including phenoxy) is 1. The summed E-state index contributed by atoms with van der Waals surface area (Å²) in [5.74, 6) is -1.01. The van der Waals surface area contributed by atoms with Crippen LogP contribution in [0.15, 0.2) is 24.3 Å². The predicted octanol–water partition coefficient (Wildman–Crippen LogP) is 1.64. The van der Waals surface area contributed by atoms with E-state index in [0.717, 1.165) is 25.0 Å². The number of halogens is 1. The van der Waals surface area contributed by atoms with Crippen molar-refractivity contribution in [2.45, 2.75) is 31.4 Å². The third-order valence-electron chi connectivity index (χ3n) is 4.66. The van der Waals surface area contributed by atoms with E-state index in [4.69, 9.17) is 4.74 Å². The number of hydrogen-bond donors (Lipinski definition) is 1. The molecule has 2 fully saturated rings. The highest BCUT2D eigenvalue weighted by Crippen LogP contribution is 2.37. The molecule has 2 aliphatic rings. The van der Waals surface area contributed by atoms with Crippen molar-refractivity contribution < 1.29 is 18.7 Å². The first kappa shape index (κ1) is 15.9. The Hall–Kier alpha value is -1.95. The van der Waals surface area contributed by atoms with Gasteiger partial charge in [-0.3, -0.25) is 9.59 Å². The topological polar surface area (TPSA) is 58.6 Å². The molecule has 0 saturated carbocycles. The average molecular weight is 320 g/mol. The van der Waals surface area contributed by atoms with E-state index in [1.54, 1.807) is 24.1 Å². The van der Waals surface area contributed by atoms with Crippen molar-refractivity contribution in [2.75, 3.05) is 20.2 Å². The minimum absolute atomic E-state index is 0.0676. The fourth-order valence-electron chi connectivity index (χ4n) is 3.37. The molecule has 3 atom stereocenters. The third kappa shape index (κ3) is 3.37. The summed E-state index contributed by atoms with van der Waals surface area (Å²) in [6.45, 7) is 1.22. The van der Waals surface area contributed by atoms with Gasteiger partial charge in [-0.2, -0.15) is 0 Å². The summed E-state index contributed by atoms with van der Waals surface area (Å²) in [6.07, 6.45) is 2.21. The molecule has 0 radical (unpaired) electrons. The Balaban J connectivity index is 1.71. The Morgan fingerprint density at radius 1 is 1.39 bits per heavy atom. The maximum atomic E-state index is 13.1. The lowest BCUT2D eigenvalue weighted by molar-refractivity contribution is -0.128. The third-order valence-corrected chi connectivity index (χ3v) is 4.66. The number of nitrogens with zero attached hydrogens (tertiary/aromatic N) is 1. The van der Waals surface area contributed by atoms with Crippen molar-refractivity contribution in [3.63, 3.8) is 0 Å². The van der Waals surface area contributed by atoms with Crippen LogP contribution in [-0.4, -0.2) is 43.0 Å². The molecule has 2 amide bonds. The van der Waals surface area contributed by atoms with Crippen LogP contribution in [0, 0.1) is 11.7 Å². The lowest BCUT2D eigenvalue weighted by atomic mass is 9.93. The van der Waals surface area contributed by atoms with E-state index in [-0.39, 0.29) is 36.2 Å². The molecule has 3 rings (SSSR count). The van der Waals surface area contributed by atoms with Crippen molar-refractivity contribution in [2.24, 2.45) is 5.92 Å². The Labute approximate surface area is 134 Å². The van der Waals surface area contributed by atoms with Gasteiger partial charge in [-0.05, 0) is 30.5 Å². The molecule has 23 heavy (non-hydrogen) atoms. The monoisotopic (exact) mass is 320 g/mol. The summed E-state index contributed by atoms with van der Waals surface area (Å²) in [7, 11) is 1.68. The normalized spacial score (nSPS) is 27.5. The van der Waals surface area contributed by atoms with Crippen LogP contribution >= 0.6 is 0 Å². The van der Waals surface area contributed by atoms with Gasteiger partial charge in [-0.1, -0.05) is 12.1 Å². The van der Waals surface area contributed by atoms with Gasteiger partial charge in [0.2, 0.25) is 11.8 Å². The zero-order valence-corrected chi connectivity index (χ0v) is 13.1. The van der Waals surface area contributed by atoms with E-state index in [1.807, 2.05) is 0 Å². The van der Waals surface area contributed by atoms with Crippen LogP contribution in [0.4, 0.5) is 4.39 Å². The second kappa shape index (κ2) is 6.66. The van der Waals surface area contributed by atoms with E-state index >= 15 is 0 Å². The Morgan fingerprint density at radius 3 is 2.78 bits per heavy atom. The molecule has 2 aliphatic heterocycles. The summed E-state index contributed by atoms with van der Waals surface area (Å²) in [5.41, 5.74) is 0.775. The highest BCUT2D eigenvalue weighted by atomic mass is 19.1. The van der Waals surface area contributed by atoms with Crippen molar-refractivity contribution in [3.05, 3.63) is 35.6 Å². The first-order chi connectivity index (χ1) is 11.1. The first-order valence-electron chi connectivity index (χ1n) is 7.96. The van der Waals surface area contributed by atoms with Crippen LogP contribution in [-0.2, 0) is 14.3 Å². The van der Waals surface area contributed by atoms with Gasteiger partial charge in [0, 0.05) is 26.6 Å². The summed E-state index contributed by atoms with van der Waals surface area (Å²) in [4.78, 5) is 26.1. The zero-order chi connectivity index (χ0) is 16.4. The molecular weight excluding hydrogens is 299 g/mol. The van der Waals surface area contributed by atoms with Gasteiger partial charge in [0.1, 0.15) is 5.82 Å². The van der Waals surface area contributed by atoms with Crippen molar-refractivity contribution >= 4 is 11.8 Å². The largest absolute Gasteiger partial charge is 0.376 e. The van der Waals surface area contributed by atoms with Crippen LogP contribution in [0.25, 0.3) is 0 Å². The lowest BCUT2D eigenvalue weighted by Gasteiger charge is -2.25. The van der Waals surface area contributed by atoms with E-state index in [2.05, 4.69) is 5.32 Å². The number of carbonyl (C=O) groups excluding carboxylic acids is 2. The van der Waals surface area contributed by atoms with E-state index in [0.29, 0.717) is 6.54 Å². The van der Waals surface area contributed by atoms with Crippen LogP contribution in [0.1, 0.15) is 30.9 Å². The second-order valence-corrected chi connectivity index (χ2v) is 6.19. The van der Waals surface area contributed by atoms with Gasteiger partial charge < -0.3 is 15.0 Å². The number of benzene rings is 1. The van der Waals surface area contributed by atoms with Crippen LogP contribution in [0.3, 0.4) is 0 Å². The highest BCUT2D eigenvalue weighted by molar-refractivity contribution is 5.90. The minimum atomic E-state index is -0.459. The SMILES string of the molecule is CN1C(=O)CC(C(=O)NCC2CCCO2)C1c1ccc(F)cc1. The van der Waals surface area contributed by atoms with Crippen molar-refractivity contribution in [1.82, 2.24) is 10.2 Å². The summed E-state index contributed by atoms with van der Waals surface area (Å²) < 4.78 is 18.6. The summed E-state index contributed by atoms with van der Waals surface area (Å²) in [6, 6.07) is 5.62. The molecule has 0 aromatic heterocycles. The fourth-order valence-corrected chi connectivity index (χ4v) is 3.37. The molecule has 3 unspecified atom stereocenters. The van der Waals surface area contributed by atoms with Gasteiger partial charge >= 0.3 is 0 Å². The van der Waals surface area contributed by atoms with Crippen LogP contribution < -0.4 is 5.32 Å². The lowest BCUT2D eigenvalue weighted by Crippen LogP contribution is -2.38. The number of amides is 2.